The normalized spacial score (nSPS) is 25.1. The number of aliphatic carboxylic acids is 1. The van der Waals surface area contributed by atoms with Gasteiger partial charge in [-0.05, 0) is 93.2 Å². The Morgan fingerprint density at radius 2 is 1.81 bits per heavy atom. The Morgan fingerprint density at radius 1 is 1.01 bits per heavy atom. The van der Waals surface area contributed by atoms with E-state index in [1.807, 2.05) is 24.3 Å². The van der Waals surface area contributed by atoms with Crippen LogP contribution in [0.4, 0.5) is 10.2 Å². The van der Waals surface area contributed by atoms with Gasteiger partial charge in [-0.3, -0.25) is 29.4 Å². The summed E-state index contributed by atoms with van der Waals surface area (Å²) in [5.41, 5.74) is 1.87. The summed E-state index contributed by atoms with van der Waals surface area (Å²) in [6.45, 7) is 6.56. The molecule has 4 aromatic rings. The number of hydrogen-bond acceptors (Lipinski definition) is 15. The van der Waals surface area contributed by atoms with Gasteiger partial charge < -0.3 is 35.0 Å². The van der Waals surface area contributed by atoms with E-state index in [1.54, 1.807) is 17.1 Å². The van der Waals surface area contributed by atoms with Gasteiger partial charge in [-0.2, -0.15) is 9.97 Å². The number of imide groups is 2. The third-order valence-corrected chi connectivity index (χ3v) is 15.0. The van der Waals surface area contributed by atoms with E-state index in [1.165, 1.54) is 24.3 Å². The molecule has 6 fully saturated rings. The number of piperidine rings is 3. The van der Waals surface area contributed by atoms with Gasteiger partial charge in [0.2, 0.25) is 17.7 Å². The number of benzene rings is 3. The summed E-state index contributed by atoms with van der Waals surface area (Å²) in [5.74, 6) is -5.48. The van der Waals surface area contributed by atoms with Gasteiger partial charge in [-0.1, -0.05) is 54.1 Å². The lowest BCUT2D eigenvalue weighted by molar-refractivity contribution is -0.155. The fourth-order valence-electron chi connectivity index (χ4n) is 11.0. The van der Waals surface area contributed by atoms with Crippen LogP contribution in [0.5, 0.6) is 11.8 Å². The molecule has 3 aromatic carbocycles. The van der Waals surface area contributed by atoms with Crippen molar-refractivity contribution in [1.29, 1.82) is 0 Å². The molecule has 1 aliphatic carbocycles. The van der Waals surface area contributed by atoms with Gasteiger partial charge in [0.05, 0.1) is 11.6 Å². The molecule has 70 heavy (non-hydrogen) atoms. The molecule has 2 bridgehead atoms. The average Bonchev–Trinajstić information content (AvgIpc) is 3.61. The van der Waals surface area contributed by atoms with Crippen LogP contribution in [-0.2, 0) is 24.0 Å². The number of aromatic hydroxyl groups is 1. The summed E-state index contributed by atoms with van der Waals surface area (Å²) >= 11 is 6.94. The number of piperazine rings is 2. The van der Waals surface area contributed by atoms with Crippen molar-refractivity contribution in [2.45, 2.75) is 68.6 Å². The SMILES string of the molecule is CN(CCCCN1CCN(NC2(C(=O)O)C=CC=C3C(=O)N(C4CCC(=O)NC4=O)C(=O)C32)CC1)CCCOc1nc(N2C[C@@H]3CCC2CN3)c2cc(Cl)c(-c3cc(O)cc4ccccc34)c(F)c2n1. The number of amides is 4. The second kappa shape index (κ2) is 19.6. The number of carboxylic acids is 1. The predicted molar refractivity (Wildman–Crippen MR) is 258 cm³/mol. The summed E-state index contributed by atoms with van der Waals surface area (Å²) in [5, 5.41) is 31.0. The highest BCUT2D eigenvalue weighted by molar-refractivity contribution is 6.35. The molecule has 7 heterocycles. The van der Waals surface area contributed by atoms with E-state index in [0.717, 1.165) is 74.1 Å². The first-order chi connectivity index (χ1) is 33.8. The fraction of sp³-hybridized carbons (Fsp3) is 0.460. The lowest BCUT2D eigenvalue weighted by Crippen LogP contribution is -2.66. The molecule has 368 valence electrons. The van der Waals surface area contributed by atoms with Crippen molar-refractivity contribution in [2.24, 2.45) is 5.92 Å². The van der Waals surface area contributed by atoms with Crippen LogP contribution in [0.2, 0.25) is 5.02 Å². The number of allylic oxidation sites excluding steroid dienone is 2. The Bertz CT molecular complexity index is 2830. The van der Waals surface area contributed by atoms with E-state index in [-0.39, 0.29) is 52.3 Å². The number of nitrogens with zero attached hydrogens (tertiary/aromatic N) is 7. The van der Waals surface area contributed by atoms with Crippen molar-refractivity contribution in [1.82, 2.24) is 45.7 Å². The maximum absolute atomic E-state index is 17.0. The number of likely N-dealkylation sites (tertiary alicyclic amines) is 1. The van der Waals surface area contributed by atoms with Crippen LogP contribution in [0.25, 0.3) is 32.8 Å². The van der Waals surface area contributed by atoms with Crippen LogP contribution in [0.15, 0.2) is 66.3 Å². The maximum atomic E-state index is 17.0. The van der Waals surface area contributed by atoms with Gasteiger partial charge in [0.25, 0.3) is 5.91 Å². The zero-order valence-corrected chi connectivity index (χ0v) is 39.6. The monoisotopic (exact) mass is 978 g/mol. The number of carbonyl (C=O) groups is 5. The van der Waals surface area contributed by atoms with Gasteiger partial charge >= 0.3 is 12.0 Å². The third kappa shape index (κ3) is 8.98. The number of aromatic nitrogens is 2. The first-order valence-corrected chi connectivity index (χ1v) is 24.5. The number of hydrazine groups is 1. The molecule has 20 heteroatoms. The summed E-state index contributed by atoms with van der Waals surface area (Å²) in [7, 11) is 2.06. The molecule has 1 aromatic heterocycles. The topological polar surface area (TPSA) is 213 Å². The van der Waals surface area contributed by atoms with E-state index in [2.05, 4.69) is 42.8 Å². The number of phenols is 1. The molecule has 0 radical (unpaired) electrons. The number of hydrogen-bond donors (Lipinski definition) is 5. The third-order valence-electron chi connectivity index (χ3n) is 14.7. The highest BCUT2D eigenvalue weighted by Gasteiger charge is 2.61. The van der Waals surface area contributed by atoms with E-state index < -0.39 is 52.9 Å². The molecule has 6 saturated heterocycles. The zero-order valence-electron chi connectivity index (χ0n) is 38.8. The largest absolute Gasteiger partial charge is 0.508 e. The molecule has 5 atom stereocenters. The number of fused-ring (bicyclic) bond motifs is 6. The number of rotatable bonds is 16. The van der Waals surface area contributed by atoms with E-state index in [9.17, 15) is 34.2 Å². The highest BCUT2D eigenvalue weighted by Crippen LogP contribution is 2.44. The average molecular weight is 980 g/mol. The summed E-state index contributed by atoms with van der Waals surface area (Å²) in [4.78, 5) is 81.9. The Kier molecular flexibility index (Phi) is 13.3. The van der Waals surface area contributed by atoms with Crippen molar-refractivity contribution >= 4 is 68.7 Å². The lowest BCUT2D eigenvalue weighted by atomic mass is 9.77. The summed E-state index contributed by atoms with van der Waals surface area (Å²) in [6.07, 6.45) is 8.82. The number of carbonyl (C=O) groups excluding carboxylic acids is 4. The number of ether oxygens (including phenoxy) is 1. The second-order valence-corrected chi connectivity index (χ2v) is 19.6. The van der Waals surface area contributed by atoms with Crippen LogP contribution in [-0.4, -0.2) is 166 Å². The van der Waals surface area contributed by atoms with Crippen molar-refractivity contribution in [3.05, 3.63) is 77.1 Å². The fourth-order valence-corrected chi connectivity index (χ4v) is 11.3. The van der Waals surface area contributed by atoms with Crippen LogP contribution >= 0.6 is 11.6 Å². The maximum Gasteiger partial charge on any atom is 0.330 e. The Balaban J connectivity index is 0.720. The summed E-state index contributed by atoms with van der Waals surface area (Å²) < 4.78 is 23.2. The van der Waals surface area contributed by atoms with Crippen molar-refractivity contribution in [3.8, 4) is 22.9 Å². The molecule has 0 spiro atoms. The minimum atomic E-state index is -1.94. The number of halogens is 2. The van der Waals surface area contributed by atoms with Gasteiger partial charge in [0.15, 0.2) is 11.4 Å². The molecule has 7 aliphatic rings. The van der Waals surface area contributed by atoms with Gasteiger partial charge in [0.1, 0.15) is 29.0 Å². The standard InChI is InChI=1S/C50H56ClFN10O8/c1-58(16-4-5-18-59-19-21-60(22-20-59)57-50(48(68)69)15-6-10-34-41(50)47(67)62(46(34)66)38-13-14-39(64)54-45(38)65)17-7-23-70-49-55-43-36(44(56-49)61-28-30-11-12-31(61)27-53-30)26-37(51)40(42(43)52)35-25-32(63)24-29-8-2-3-9-33(29)35/h2-3,6,8-10,15,24-26,30-31,38,41,53,57,63H,4-5,7,11-14,16-23,27-28H2,1H3,(H,68,69)(H,54,64,65)/t30-,31?,38?,41?,50?/m0/s1. The van der Waals surface area contributed by atoms with Gasteiger partial charge in [0, 0.05) is 80.8 Å². The van der Waals surface area contributed by atoms with Crippen LogP contribution in [0.1, 0.15) is 44.9 Å². The molecule has 5 N–H and O–H groups in total. The molecule has 18 nitrogen and oxygen atoms in total. The van der Waals surface area contributed by atoms with Crippen molar-refractivity contribution < 1.29 is 43.3 Å². The van der Waals surface area contributed by atoms with E-state index in [4.69, 9.17) is 21.3 Å². The Labute approximate surface area is 408 Å². The smallest absolute Gasteiger partial charge is 0.330 e. The molecule has 0 saturated carbocycles. The minimum absolute atomic E-state index is 0.000459. The van der Waals surface area contributed by atoms with Crippen LogP contribution in [0.3, 0.4) is 0 Å². The highest BCUT2D eigenvalue weighted by atomic mass is 35.5. The second-order valence-electron chi connectivity index (χ2n) is 19.2. The molecular formula is C50H56ClFN10O8. The molecule has 4 unspecified atom stereocenters. The number of phenolic OH excluding ortho intramolecular Hbond substituents is 1. The Morgan fingerprint density at radius 3 is 2.56 bits per heavy atom. The molecule has 11 rings (SSSR count). The number of anilines is 1. The minimum Gasteiger partial charge on any atom is -0.508 e. The summed E-state index contributed by atoms with van der Waals surface area (Å²) in [6, 6.07) is 11.7. The zero-order chi connectivity index (χ0) is 48.8. The van der Waals surface area contributed by atoms with Crippen LogP contribution < -0.4 is 25.7 Å². The quantitative estimate of drug-likeness (QED) is 0.0802. The van der Waals surface area contributed by atoms with Crippen LogP contribution in [0, 0.1) is 11.7 Å². The number of unbranched alkanes of at least 4 members (excludes halogenated alkanes) is 1. The number of carboxylic acid groups (broad SMARTS) is 1. The van der Waals surface area contributed by atoms with Gasteiger partial charge in [-0.25, -0.2) is 19.6 Å². The first kappa shape index (κ1) is 47.6. The lowest BCUT2D eigenvalue weighted by Gasteiger charge is -2.46. The molecule has 4 amide bonds. The molecular weight excluding hydrogens is 923 g/mol. The van der Waals surface area contributed by atoms with Gasteiger partial charge in [-0.15, -0.1) is 0 Å². The van der Waals surface area contributed by atoms with E-state index in [0.29, 0.717) is 62.0 Å². The van der Waals surface area contributed by atoms with Crippen molar-refractivity contribution in [3.63, 3.8) is 0 Å². The van der Waals surface area contributed by atoms with E-state index >= 15 is 4.39 Å². The predicted octanol–water partition coefficient (Wildman–Crippen LogP) is 3.60. The number of nitrogens with one attached hydrogen (secondary N) is 3. The van der Waals surface area contributed by atoms with Crippen molar-refractivity contribution in [2.75, 3.05) is 77.5 Å². The first-order valence-electron chi connectivity index (χ1n) is 24.1. The Hall–Kier alpha value is -6.09. The molecule has 6 aliphatic heterocycles.